The van der Waals surface area contributed by atoms with Crippen LogP contribution in [0.15, 0.2) is 24.3 Å². The SMILES string of the molecule is O=C(O)COc1ccc(CCNC(=O)C2CC2C2CCCCC2)cc1. The van der Waals surface area contributed by atoms with Gasteiger partial charge in [-0.25, -0.2) is 4.79 Å². The van der Waals surface area contributed by atoms with Crippen molar-refractivity contribution in [2.45, 2.75) is 44.9 Å². The van der Waals surface area contributed by atoms with Gasteiger partial charge in [0.15, 0.2) is 6.61 Å². The van der Waals surface area contributed by atoms with Crippen LogP contribution in [0.3, 0.4) is 0 Å². The lowest BCUT2D eigenvalue weighted by Gasteiger charge is -2.21. The van der Waals surface area contributed by atoms with Crippen LogP contribution in [-0.2, 0) is 16.0 Å². The van der Waals surface area contributed by atoms with Crippen LogP contribution < -0.4 is 10.1 Å². The number of carboxylic acids is 1. The number of amides is 1. The summed E-state index contributed by atoms with van der Waals surface area (Å²) in [6, 6.07) is 7.34. The van der Waals surface area contributed by atoms with Gasteiger partial charge < -0.3 is 15.2 Å². The van der Waals surface area contributed by atoms with Gasteiger partial charge >= 0.3 is 5.97 Å². The highest BCUT2D eigenvalue weighted by Crippen LogP contribution is 2.49. The average Bonchev–Trinajstić information content (AvgIpc) is 3.42. The maximum atomic E-state index is 12.3. The van der Waals surface area contributed by atoms with E-state index < -0.39 is 5.97 Å². The van der Waals surface area contributed by atoms with Crippen LogP contribution in [0, 0.1) is 17.8 Å². The Labute approximate surface area is 148 Å². The predicted molar refractivity (Wildman–Crippen MR) is 94.5 cm³/mol. The Bertz CT molecular complexity index is 592. The molecule has 136 valence electrons. The zero-order chi connectivity index (χ0) is 17.6. The Kier molecular flexibility index (Phi) is 5.95. The van der Waals surface area contributed by atoms with E-state index in [1.807, 2.05) is 12.1 Å². The van der Waals surface area contributed by atoms with E-state index in [9.17, 15) is 9.59 Å². The van der Waals surface area contributed by atoms with Gasteiger partial charge in [-0.05, 0) is 42.4 Å². The molecule has 2 saturated carbocycles. The second-order valence-electron chi connectivity index (χ2n) is 7.27. The zero-order valence-corrected chi connectivity index (χ0v) is 14.6. The molecule has 3 rings (SSSR count). The molecule has 25 heavy (non-hydrogen) atoms. The summed E-state index contributed by atoms with van der Waals surface area (Å²) < 4.78 is 5.10. The summed E-state index contributed by atoms with van der Waals surface area (Å²) in [6.45, 7) is 0.307. The zero-order valence-electron chi connectivity index (χ0n) is 14.6. The lowest BCUT2D eigenvalue weighted by Crippen LogP contribution is -2.28. The van der Waals surface area contributed by atoms with Crippen LogP contribution in [-0.4, -0.2) is 30.1 Å². The first-order chi connectivity index (χ1) is 12.1. The number of rotatable bonds is 8. The van der Waals surface area contributed by atoms with E-state index in [1.54, 1.807) is 12.1 Å². The van der Waals surface area contributed by atoms with E-state index in [-0.39, 0.29) is 18.4 Å². The second kappa shape index (κ2) is 8.37. The van der Waals surface area contributed by atoms with Gasteiger partial charge in [0.1, 0.15) is 5.75 Å². The van der Waals surface area contributed by atoms with Crippen molar-refractivity contribution in [2.24, 2.45) is 17.8 Å². The Morgan fingerprint density at radius 2 is 1.84 bits per heavy atom. The van der Waals surface area contributed by atoms with Gasteiger partial charge in [-0.3, -0.25) is 4.79 Å². The highest BCUT2D eigenvalue weighted by molar-refractivity contribution is 5.81. The molecular weight excluding hydrogens is 318 g/mol. The average molecular weight is 345 g/mol. The summed E-state index contributed by atoms with van der Waals surface area (Å²) in [4.78, 5) is 22.7. The fourth-order valence-electron chi connectivity index (χ4n) is 3.96. The van der Waals surface area contributed by atoms with Gasteiger partial charge in [0, 0.05) is 12.5 Å². The highest BCUT2D eigenvalue weighted by atomic mass is 16.5. The van der Waals surface area contributed by atoms with Crippen molar-refractivity contribution >= 4 is 11.9 Å². The van der Waals surface area contributed by atoms with E-state index in [2.05, 4.69) is 5.32 Å². The van der Waals surface area contributed by atoms with Gasteiger partial charge in [0.05, 0.1) is 0 Å². The molecule has 2 aliphatic carbocycles. The standard InChI is InChI=1S/C20H27NO4/c22-19(23)13-25-16-8-6-14(7-9-16)10-11-21-20(24)18-12-17(18)15-4-2-1-3-5-15/h6-9,15,17-18H,1-5,10-13H2,(H,21,24)(H,22,23). The van der Waals surface area contributed by atoms with Crippen molar-refractivity contribution in [2.75, 3.05) is 13.2 Å². The van der Waals surface area contributed by atoms with E-state index in [0.29, 0.717) is 18.2 Å². The minimum atomic E-state index is -0.988. The molecule has 2 fully saturated rings. The van der Waals surface area contributed by atoms with Crippen LogP contribution in [0.4, 0.5) is 0 Å². The molecule has 2 N–H and O–H groups in total. The van der Waals surface area contributed by atoms with E-state index in [0.717, 1.165) is 24.3 Å². The monoisotopic (exact) mass is 345 g/mol. The topological polar surface area (TPSA) is 75.6 Å². The van der Waals surface area contributed by atoms with E-state index in [1.165, 1.54) is 32.1 Å². The number of carbonyl (C=O) groups excluding carboxylic acids is 1. The quantitative estimate of drug-likeness (QED) is 0.759. The molecule has 1 amide bonds. The molecule has 0 radical (unpaired) electrons. The van der Waals surface area contributed by atoms with Crippen LogP contribution in [0.25, 0.3) is 0 Å². The molecular formula is C20H27NO4. The molecule has 0 spiro atoms. The summed E-state index contributed by atoms with van der Waals surface area (Å²) in [5, 5.41) is 11.7. The van der Waals surface area contributed by atoms with Crippen molar-refractivity contribution in [3.8, 4) is 5.75 Å². The number of benzene rings is 1. The molecule has 0 saturated heterocycles. The fourth-order valence-corrected chi connectivity index (χ4v) is 3.96. The van der Waals surface area contributed by atoms with Crippen molar-refractivity contribution in [1.82, 2.24) is 5.32 Å². The van der Waals surface area contributed by atoms with E-state index in [4.69, 9.17) is 9.84 Å². The number of carbonyl (C=O) groups is 2. The summed E-state index contributed by atoms with van der Waals surface area (Å²) in [5.74, 6) is 1.43. The minimum Gasteiger partial charge on any atom is -0.482 e. The van der Waals surface area contributed by atoms with Gasteiger partial charge in [-0.2, -0.15) is 0 Å². The molecule has 2 aliphatic rings. The van der Waals surface area contributed by atoms with Crippen molar-refractivity contribution < 1.29 is 19.4 Å². The van der Waals surface area contributed by atoms with Gasteiger partial charge in [0.2, 0.25) is 5.91 Å². The van der Waals surface area contributed by atoms with Gasteiger partial charge in [0.25, 0.3) is 0 Å². The molecule has 2 unspecified atom stereocenters. The summed E-state index contributed by atoms with van der Waals surface area (Å²) >= 11 is 0. The summed E-state index contributed by atoms with van der Waals surface area (Å²) in [5.41, 5.74) is 1.10. The first-order valence-electron chi connectivity index (χ1n) is 9.35. The van der Waals surface area contributed by atoms with E-state index >= 15 is 0 Å². The third-order valence-electron chi connectivity index (χ3n) is 5.43. The number of nitrogens with one attached hydrogen (secondary N) is 1. The third kappa shape index (κ3) is 5.21. The first-order valence-corrected chi connectivity index (χ1v) is 9.35. The molecule has 1 aromatic rings. The van der Waals surface area contributed by atoms with Crippen molar-refractivity contribution in [3.05, 3.63) is 29.8 Å². The number of carboxylic acid groups (broad SMARTS) is 1. The number of ether oxygens (including phenoxy) is 1. The normalized spacial score (nSPS) is 23.0. The largest absolute Gasteiger partial charge is 0.482 e. The number of hydrogen-bond donors (Lipinski definition) is 2. The Morgan fingerprint density at radius 3 is 2.52 bits per heavy atom. The molecule has 2 atom stereocenters. The van der Waals surface area contributed by atoms with Crippen LogP contribution in [0.1, 0.15) is 44.1 Å². The molecule has 5 heteroatoms. The van der Waals surface area contributed by atoms with Crippen LogP contribution in [0.2, 0.25) is 0 Å². The Morgan fingerprint density at radius 1 is 1.12 bits per heavy atom. The molecule has 1 aromatic carbocycles. The number of hydrogen-bond acceptors (Lipinski definition) is 3. The molecule has 0 bridgehead atoms. The second-order valence-corrected chi connectivity index (χ2v) is 7.27. The maximum absolute atomic E-state index is 12.3. The molecule has 5 nitrogen and oxygen atoms in total. The summed E-state index contributed by atoms with van der Waals surface area (Å²) in [6.07, 6.45) is 8.50. The Balaban J connectivity index is 1.35. The predicted octanol–water partition coefficient (Wildman–Crippen LogP) is 3.03. The lowest BCUT2D eigenvalue weighted by atomic mass is 9.85. The van der Waals surface area contributed by atoms with Crippen LogP contribution in [0.5, 0.6) is 5.75 Å². The first kappa shape index (κ1) is 17.8. The number of aliphatic carboxylic acids is 1. The minimum absolute atomic E-state index is 0.219. The highest BCUT2D eigenvalue weighted by Gasteiger charge is 2.47. The van der Waals surface area contributed by atoms with Crippen molar-refractivity contribution in [1.29, 1.82) is 0 Å². The third-order valence-corrected chi connectivity index (χ3v) is 5.43. The molecule has 0 aromatic heterocycles. The fraction of sp³-hybridized carbons (Fsp3) is 0.600. The maximum Gasteiger partial charge on any atom is 0.341 e. The van der Waals surface area contributed by atoms with Gasteiger partial charge in [-0.15, -0.1) is 0 Å². The van der Waals surface area contributed by atoms with Crippen LogP contribution >= 0.6 is 0 Å². The summed E-state index contributed by atoms with van der Waals surface area (Å²) in [7, 11) is 0. The molecule has 0 heterocycles. The Hall–Kier alpha value is -2.04. The molecule has 0 aliphatic heterocycles. The lowest BCUT2D eigenvalue weighted by molar-refractivity contribution is -0.139. The van der Waals surface area contributed by atoms with Crippen molar-refractivity contribution in [3.63, 3.8) is 0 Å². The smallest absolute Gasteiger partial charge is 0.341 e. The van der Waals surface area contributed by atoms with Gasteiger partial charge in [-0.1, -0.05) is 44.2 Å².